The van der Waals surface area contributed by atoms with Gasteiger partial charge in [0.2, 0.25) is 0 Å². The van der Waals surface area contributed by atoms with Crippen LogP contribution in [-0.2, 0) is 6.61 Å². The van der Waals surface area contributed by atoms with Crippen LogP contribution in [0.1, 0.15) is 5.56 Å². The summed E-state index contributed by atoms with van der Waals surface area (Å²) < 4.78 is 18.2. The maximum atomic E-state index is 12.8. The van der Waals surface area contributed by atoms with E-state index in [-0.39, 0.29) is 11.8 Å². The van der Waals surface area contributed by atoms with E-state index >= 15 is 0 Å². The van der Waals surface area contributed by atoms with Gasteiger partial charge in [-0.1, -0.05) is 11.6 Å². The Morgan fingerprint density at radius 3 is 3.00 bits per heavy atom. The summed E-state index contributed by atoms with van der Waals surface area (Å²) in [5, 5.41) is 0.284. The molecule has 0 bridgehead atoms. The van der Waals surface area contributed by atoms with Crippen molar-refractivity contribution in [3.8, 4) is 5.75 Å². The predicted octanol–water partition coefficient (Wildman–Crippen LogP) is 2.85. The Balaban J connectivity index is 2.05. The second-order valence-electron chi connectivity index (χ2n) is 3.09. The van der Waals surface area contributed by atoms with Crippen molar-refractivity contribution < 1.29 is 9.13 Å². The van der Waals surface area contributed by atoms with Gasteiger partial charge >= 0.3 is 0 Å². The second-order valence-corrected chi connectivity index (χ2v) is 3.45. The zero-order chi connectivity index (χ0) is 11.4. The molecule has 0 radical (unpaired) electrons. The molecule has 16 heavy (non-hydrogen) atoms. The molecule has 3 nitrogen and oxygen atoms in total. The van der Waals surface area contributed by atoms with Gasteiger partial charge in [-0.15, -0.1) is 0 Å². The molecular weight excluding hydrogens is 231 g/mol. The van der Waals surface area contributed by atoms with E-state index < -0.39 is 5.82 Å². The minimum Gasteiger partial charge on any atom is -0.486 e. The molecule has 0 unspecified atom stereocenters. The van der Waals surface area contributed by atoms with Crippen LogP contribution < -0.4 is 4.74 Å². The van der Waals surface area contributed by atoms with Crippen molar-refractivity contribution in [3.05, 3.63) is 53.3 Å². The van der Waals surface area contributed by atoms with Crippen LogP contribution in [0.5, 0.6) is 5.75 Å². The van der Waals surface area contributed by atoms with Gasteiger partial charge in [-0.3, -0.25) is 4.98 Å². The third-order valence-electron chi connectivity index (χ3n) is 1.88. The zero-order valence-corrected chi connectivity index (χ0v) is 8.99. The largest absolute Gasteiger partial charge is 0.486 e. The Bertz CT molecular complexity index is 493. The van der Waals surface area contributed by atoms with Crippen LogP contribution in [0.25, 0.3) is 0 Å². The van der Waals surface area contributed by atoms with E-state index in [2.05, 4.69) is 9.97 Å². The van der Waals surface area contributed by atoms with Gasteiger partial charge in [0.25, 0.3) is 0 Å². The molecule has 0 N–H and O–H groups in total. The molecule has 0 amide bonds. The highest BCUT2D eigenvalue weighted by molar-refractivity contribution is 6.30. The molecule has 2 aromatic heterocycles. The third-order valence-corrected chi connectivity index (χ3v) is 2.16. The van der Waals surface area contributed by atoms with Crippen molar-refractivity contribution in [2.45, 2.75) is 6.61 Å². The standard InChI is InChI=1S/C11H8ClFN2O/c12-11-10(2-1-3-15-11)16-7-8-4-9(13)6-14-5-8/h1-6H,7H2. The average Bonchev–Trinajstić information content (AvgIpc) is 2.28. The summed E-state index contributed by atoms with van der Waals surface area (Å²) in [4.78, 5) is 7.58. The molecule has 5 heteroatoms. The Kier molecular flexibility index (Phi) is 3.31. The number of rotatable bonds is 3. The van der Waals surface area contributed by atoms with Gasteiger partial charge in [-0.05, 0) is 18.2 Å². The molecule has 0 fully saturated rings. The van der Waals surface area contributed by atoms with Gasteiger partial charge in [-0.25, -0.2) is 9.37 Å². The van der Waals surface area contributed by atoms with Crippen molar-refractivity contribution in [2.75, 3.05) is 0 Å². The van der Waals surface area contributed by atoms with E-state index in [4.69, 9.17) is 16.3 Å². The molecule has 0 spiro atoms. The minimum atomic E-state index is -0.390. The Morgan fingerprint density at radius 2 is 2.25 bits per heavy atom. The molecule has 2 heterocycles. The lowest BCUT2D eigenvalue weighted by Gasteiger charge is -2.06. The molecule has 0 aliphatic carbocycles. The van der Waals surface area contributed by atoms with E-state index in [9.17, 15) is 4.39 Å². The highest BCUT2D eigenvalue weighted by Crippen LogP contribution is 2.21. The molecule has 0 aliphatic rings. The summed E-state index contributed by atoms with van der Waals surface area (Å²) >= 11 is 5.80. The van der Waals surface area contributed by atoms with Crippen LogP contribution in [0.2, 0.25) is 5.15 Å². The molecule has 0 saturated heterocycles. The number of ether oxygens (including phenoxy) is 1. The molecule has 0 aliphatic heterocycles. The first kappa shape index (κ1) is 10.8. The van der Waals surface area contributed by atoms with Gasteiger partial charge in [0.15, 0.2) is 10.9 Å². The van der Waals surface area contributed by atoms with E-state index in [0.717, 1.165) is 6.20 Å². The summed E-state index contributed by atoms with van der Waals surface area (Å²) in [6, 6.07) is 4.77. The lowest BCUT2D eigenvalue weighted by molar-refractivity contribution is 0.304. The first-order valence-electron chi connectivity index (χ1n) is 4.58. The lowest BCUT2D eigenvalue weighted by Crippen LogP contribution is -1.97. The maximum Gasteiger partial charge on any atom is 0.171 e. The molecule has 82 valence electrons. The molecule has 0 atom stereocenters. The van der Waals surface area contributed by atoms with Crippen molar-refractivity contribution in [3.63, 3.8) is 0 Å². The number of pyridine rings is 2. The molecule has 2 aromatic rings. The lowest BCUT2D eigenvalue weighted by atomic mass is 10.3. The number of hydrogen-bond acceptors (Lipinski definition) is 3. The van der Waals surface area contributed by atoms with Gasteiger partial charge in [0.05, 0.1) is 6.20 Å². The smallest absolute Gasteiger partial charge is 0.171 e. The van der Waals surface area contributed by atoms with Crippen molar-refractivity contribution in [1.29, 1.82) is 0 Å². The van der Waals surface area contributed by atoms with E-state index in [1.807, 2.05) is 0 Å². The zero-order valence-electron chi connectivity index (χ0n) is 8.23. The van der Waals surface area contributed by atoms with E-state index in [1.165, 1.54) is 12.3 Å². The van der Waals surface area contributed by atoms with Gasteiger partial charge < -0.3 is 4.74 Å². The normalized spacial score (nSPS) is 10.1. The average molecular weight is 239 g/mol. The monoisotopic (exact) mass is 238 g/mol. The first-order valence-corrected chi connectivity index (χ1v) is 4.96. The highest BCUT2D eigenvalue weighted by atomic mass is 35.5. The SMILES string of the molecule is Fc1cncc(COc2cccnc2Cl)c1. The summed E-state index contributed by atoms with van der Waals surface area (Å²) in [6.07, 6.45) is 4.24. The van der Waals surface area contributed by atoms with Crippen LogP contribution >= 0.6 is 11.6 Å². The Morgan fingerprint density at radius 1 is 1.38 bits per heavy atom. The first-order chi connectivity index (χ1) is 7.75. The van der Waals surface area contributed by atoms with E-state index in [0.29, 0.717) is 11.3 Å². The summed E-state index contributed by atoms with van der Waals surface area (Å²) in [5.74, 6) is 0.0758. The molecule has 0 saturated carbocycles. The quantitative estimate of drug-likeness (QED) is 0.772. The maximum absolute atomic E-state index is 12.8. The van der Waals surface area contributed by atoms with Gasteiger partial charge in [0.1, 0.15) is 12.4 Å². The van der Waals surface area contributed by atoms with Crippen molar-refractivity contribution >= 4 is 11.6 Å². The van der Waals surface area contributed by atoms with Crippen molar-refractivity contribution in [1.82, 2.24) is 9.97 Å². The molecule has 0 aromatic carbocycles. The topological polar surface area (TPSA) is 35.0 Å². The molecule has 2 rings (SSSR count). The highest BCUT2D eigenvalue weighted by Gasteiger charge is 2.02. The fourth-order valence-electron chi connectivity index (χ4n) is 1.17. The molecular formula is C11H8ClFN2O. The summed E-state index contributed by atoms with van der Waals surface area (Å²) in [6.45, 7) is 0.205. The fraction of sp³-hybridized carbons (Fsp3) is 0.0909. The van der Waals surface area contributed by atoms with Crippen LogP contribution in [0, 0.1) is 5.82 Å². The summed E-state index contributed by atoms with van der Waals surface area (Å²) in [7, 11) is 0. The van der Waals surface area contributed by atoms with Gasteiger partial charge in [-0.2, -0.15) is 0 Å². The van der Waals surface area contributed by atoms with Crippen LogP contribution in [0.15, 0.2) is 36.8 Å². The number of aromatic nitrogens is 2. The number of nitrogens with zero attached hydrogens (tertiary/aromatic N) is 2. The second kappa shape index (κ2) is 4.90. The predicted molar refractivity (Wildman–Crippen MR) is 57.8 cm³/mol. The minimum absolute atomic E-state index is 0.205. The van der Waals surface area contributed by atoms with Crippen LogP contribution in [0.3, 0.4) is 0 Å². The van der Waals surface area contributed by atoms with Gasteiger partial charge in [0, 0.05) is 18.0 Å². The number of hydrogen-bond donors (Lipinski definition) is 0. The van der Waals surface area contributed by atoms with Crippen molar-refractivity contribution in [2.24, 2.45) is 0 Å². The summed E-state index contributed by atoms with van der Waals surface area (Å²) in [5.41, 5.74) is 0.639. The van der Waals surface area contributed by atoms with Crippen LogP contribution in [-0.4, -0.2) is 9.97 Å². The third kappa shape index (κ3) is 2.67. The van der Waals surface area contributed by atoms with E-state index in [1.54, 1.807) is 18.3 Å². The fourth-order valence-corrected chi connectivity index (χ4v) is 1.35. The Hall–Kier alpha value is -1.68. The number of halogens is 2. The van der Waals surface area contributed by atoms with Crippen LogP contribution in [0.4, 0.5) is 4.39 Å². The Labute approximate surface area is 96.9 Å².